The van der Waals surface area contributed by atoms with Crippen molar-refractivity contribution in [3.63, 3.8) is 0 Å². The van der Waals surface area contributed by atoms with Crippen molar-refractivity contribution in [1.82, 2.24) is 10.2 Å². The Labute approximate surface area is 124 Å². The fourth-order valence-corrected chi connectivity index (χ4v) is 1.71. The molecular weight excluding hydrogens is 274 g/mol. The minimum atomic E-state index is -0.515. The van der Waals surface area contributed by atoms with Crippen molar-refractivity contribution in [3.8, 4) is 5.75 Å². The van der Waals surface area contributed by atoms with Gasteiger partial charge in [0.25, 0.3) is 5.91 Å². The second-order valence-corrected chi connectivity index (χ2v) is 4.74. The van der Waals surface area contributed by atoms with Crippen LogP contribution >= 0.6 is 0 Å². The number of carbonyl (C=O) groups excluding carboxylic acids is 1. The van der Waals surface area contributed by atoms with E-state index < -0.39 is 4.92 Å². The predicted molar refractivity (Wildman–Crippen MR) is 79.8 cm³/mol. The average molecular weight is 295 g/mol. The molecule has 1 rings (SSSR count). The van der Waals surface area contributed by atoms with E-state index >= 15 is 0 Å². The normalized spacial score (nSPS) is 10.2. The van der Waals surface area contributed by atoms with Gasteiger partial charge >= 0.3 is 5.69 Å². The summed E-state index contributed by atoms with van der Waals surface area (Å²) in [6.07, 6.45) is 1.01. The molecule has 0 unspecified atom stereocenters. The summed E-state index contributed by atoms with van der Waals surface area (Å²) in [5.74, 6) is -0.107. The summed E-state index contributed by atoms with van der Waals surface area (Å²) in [7, 11) is 3.25. The van der Waals surface area contributed by atoms with E-state index in [0.717, 1.165) is 13.0 Å². The van der Waals surface area contributed by atoms with Crippen molar-refractivity contribution in [2.45, 2.75) is 13.3 Å². The monoisotopic (exact) mass is 295 g/mol. The first-order valence-electron chi connectivity index (χ1n) is 6.81. The molecule has 0 aromatic heterocycles. The Morgan fingerprint density at radius 2 is 2.10 bits per heavy atom. The fraction of sp³-hybridized carbons (Fsp3) is 0.500. The molecule has 0 aliphatic carbocycles. The maximum absolute atomic E-state index is 11.9. The highest BCUT2D eigenvalue weighted by Crippen LogP contribution is 2.28. The second-order valence-electron chi connectivity index (χ2n) is 4.74. The molecule has 1 aromatic rings. The average Bonchev–Trinajstić information content (AvgIpc) is 2.45. The molecule has 0 saturated carbocycles. The summed E-state index contributed by atoms with van der Waals surface area (Å²) in [6, 6.07) is 4.15. The Hall–Kier alpha value is -2.15. The van der Waals surface area contributed by atoms with E-state index in [4.69, 9.17) is 4.74 Å². The Bertz CT molecular complexity index is 503. The number of ether oxygens (including phenoxy) is 1. The van der Waals surface area contributed by atoms with E-state index in [1.165, 1.54) is 23.1 Å². The van der Waals surface area contributed by atoms with Gasteiger partial charge in [-0.25, -0.2) is 0 Å². The van der Waals surface area contributed by atoms with Crippen LogP contribution < -0.4 is 10.1 Å². The minimum Gasteiger partial charge on any atom is -0.485 e. The van der Waals surface area contributed by atoms with Gasteiger partial charge in [-0.1, -0.05) is 6.92 Å². The largest absolute Gasteiger partial charge is 0.485 e. The van der Waals surface area contributed by atoms with E-state index in [0.29, 0.717) is 18.7 Å². The van der Waals surface area contributed by atoms with Crippen molar-refractivity contribution in [2.75, 3.05) is 33.8 Å². The molecule has 0 fully saturated rings. The molecule has 7 nitrogen and oxygen atoms in total. The smallest absolute Gasteiger partial charge is 0.310 e. The second kappa shape index (κ2) is 8.21. The number of nitro benzene ring substituents is 1. The number of rotatable bonds is 8. The Balaban J connectivity index is 2.84. The molecule has 0 saturated heterocycles. The maximum Gasteiger partial charge on any atom is 0.310 e. The fourth-order valence-electron chi connectivity index (χ4n) is 1.71. The summed E-state index contributed by atoms with van der Waals surface area (Å²) in [5, 5.41) is 14.1. The van der Waals surface area contributed by atoms with E-state index in [2.05, 4.69) is 12.2 Å². The lowest BCUT2D eigenvalue weighted by Crippen LogP contribution is -2.23. The summed E-state index contributed by atoms with van der Waals surface area (Å²) in [5.41, 5.74) is 0.225. The first-order chi connectivity index (χ1) is 9.97. The number of amides is 1. The molecule has 0 heterocycles. The van der Waals surface area contributed by atoms with Crippen LogP contribution in [0.5, 0.6) is 5.75 Å². The van der Waals surface area contributed by atoms with Gasteiger partial charge in [-0.2, -0.15) is 0 Å². The van der Waals surface area contributed by atoms with Crippen molar-refractivity contribution in [3.05, 3.63) is 33.9 Å². The lowest BCUT2D eigenvalue weighted by atomic mass is 10.1. The number of benzene rings is 1. The third-order valence-electron chi connectivity index (χ3n) is 2.77. The highest BCUT2D eigenvalue weighted by Gasteiger charge is 2.18. The maximum atomic E-state index is 11.9. The molecule has 0 radical (unpaired) electrons. The Morgan fingerprint density at radius 3 is 2.67 bits per heavy atom. The van der Waals surface area contributed by atoms with Crippen molar-refractivity contribution in [1.29, 1.82) is 0 Å². The van der Waals surface area contributed by atoms with Gasteiger partial charge in [-0.15, -0.1) is 0 Å². The Kier molecular flexibility index (Phi) is 6.61. The highest BCUT2D eigenvalue weighted by molar-refractivity contribution is 5.94. The quantitative estimate of drug-likeness (QED) is 0.448. The van der Waals surface area contributed by atoms with Gasteiger partial charge in [0.15, 0.2) is 5.75 Å². The number of hydrogen-bond donors (Lipinski definition) is 1. The van der Waals surface area contributed by atoms with Crippen LogP contribution in [0.3, 0.4) is 0 Å². The van der Waals surface area contributed by atoms with Crippen LogP contribution in [0.15, 0.2) is 18.2 Å². The molecule has 7 heteroatoms. The number of nitrogens with one attached hydrogen (secondary N) is 1. The summed E-state index contributed by atoms with van der Waals surface area (Å²) in [4.78, 5) is 23.8. The van der Waals surface area contributed by atoms with Crippen LogP contribution in [0.1, 0.15) is 23.7 Å². The van der Waals surface area contributed by atoms with Gasteiger partial charge in [0.1, 0.15) is 6.61 Å². The zero-order valence-electron chi connectivity index (χ0n) is 12.6. The number of hydrogen-bond acceptors (Lipinski definition) is 5. The predicted octanol–water partition coefficient (Wildman–Crippen LogP) is 1.67. The van der Waals surface area contributed by atoms with Crippen LogP contribution in [0.4, 0.5) is 5.69 Å². The van der Waals surface area contributed by atoms with Crippen LogP contribution in [0, 0.1) is 10.1 Å². The minimum absolute atomic E-state index is 0.117. The zero-order chi connectivity index (χ0) is 15.8. The first kappa shape index (κ1) is 16.9. The standard InChI is InChI=1S/C14H21N3O4/c1-4-7-15-8-9-21-13-10-11(14(18)16(2)3)5-6-12(13)17(19)20/h5-6,10,15H,4,7-9H2,1-3H3. The number of carbonyl (C=O) groups is 1. The molecule has 1 N–H and O–H groups in total. The number of nitro groups is 1. The summed E-state index contributed by atoms with van der Waals surface area (Å²) < 4.78 is 5.44. The van der Waals surface area contributed by atoms with E-state index in [1.807, 2.05) is 0 Å². The molecule has 1 aromatic carbocycles. The van der Waals surface area contributed by atoms with Crippen LogP contribution in [-0.2, 0) is 0 Å². The number of nitrogens with zero attached hydrogens (tertiary/aromatic N) is 2. The van der Waals surface area contributed by atoms with Gasteiger partial charge < -0.3 is 15.0 Å². The van der Waals surface area contributed by atoms with Crippen LogP contribution in [0.2, 0.25) is 0 Å². The zero-order valence-corrected chi connectivity index (χ0v) is 12.6. The van der Waals surface area contributed by atoms with Crippen molar-refractivity contribution < 1.29 is 14.5 Å². The topological polar surface area (TPSA) is 84.7 Å². The third-order valence-corrected chi connectivity index (χ3v) is 2.77. The molecule has 21 heavy (non-hydrogen) atoms. The molecular formula is C14H21N3O4. The molecule has 0 aliphatic rings. The third kappa shape index (κ3) is 5.03. The van der Waals surface area contributed by atoms with Gasteiger partial charge in [0, 0.05) is 38.3 Å². The lowest BCUT2D eigenvalue weighted by Gasteiger charge is -2.12. The van der Waals surface area contributed by atoms with E-state index in [9.17, 15) is 14.9 Å². The van der Waals surface area contributed by atoms with Crippen LogP contribution in [-0.4, -0.2) is 49.5 Å². The van der Waals surface area contributed by atoms with Crippen molar-refractivity contribution in [2.24, 2.45) is 0 Å². The van der Waals surface area contributed by atoms with Crippen molar-refractivity contribution >= 4 is 11.6 Å². The van der Waals surface area contributed by atoms with Gasteiger partial charge in [-0.05, 0) is 19.0 Å². The molecule has 116 valence electrons. The Morgan fingerprint density at radius 1 is 1.38 bits per heavy atom. The molecule has 0 aliphatic heterocycles. The SMILES string of the molecule is CCCNCCOc1cc(C(=O)N(C)C)ccc1[N+](=O)[O-]. The van der Waals surface area contributed by atoms with E-state index in [-0.39, 0.29) is 17.3 Å². The van der Waals surface area contributed by atoms with Crippen LogP contribution in [0.25, 0.3) is 0 Å². The van der Waals surface area contributed by atoms with E-state index in [1.54, 1.807) is 14.1 Å². The van der Waals surface area contributed by atoms with Gasteiger partial charge in [0.2, 0.25) is 0 Å². The lowest BCUT2D eigenvalue weighted by molar-refractivity contribution is -0.385. The highest BCUT2D eigenvalue weighted by atomic mass is 16.6. The molecule has 0 atom stereocenters. The summed E-state index contributed by atoms with van der Waals surface area (Å²) >= 11 is 0. The molecule has 1 amide bonds. The van der Waals surface area contributed by atoms with Gasteiger partial charge in [0.05, 0.1) is 4.92 Å². The first-order valence-corrected chi connectivity index (χ1v) is 6.81. The summed E-state index contributed by atoms with van der Waals surface area (Å²) in [6.45, 7) is 3.82. The molecule has 0 bridgehead atoms. The van der Waals surface area contributed by atoms with Gasteiger partial charge in [-0.3, -0.25) is 14.9 Å². The molecule has 0 spiro atoms.